The van der Waals surface area contributed by atoms with Crippen molar-refractivity contribution < 1.29 is 34.1 Å². The number of Topliss-reactive ketones (excluding diaryl/α,β-unsaturated/α-hetero) is 1. The predicted octanol–water partition coefficient (Wildman–Crippen LogP) is 7.32. The molecule has 0 fully saturated rings. The Kier molecular flexibility index (Phi) is 16.6. The second kappa shape index (κ2) is 18.3. The highest BCUT2D eigenvalue weighted by Crippen LogP contribution is 2.33. The summed E-state index contributed by atoms with van der Waals surface area (Å²) < 4.78 is 8.63. The van der Waals surface area contributed by atoms with Gasteiger partial charge in [0.2, 0.25) is 3.79 Å². The number of aryl methyl sites for hydroxylation is 1. The molecule has 1 aromatic heterocycles. The van der Waals surface area contributed by atoms with Gasteiger partial charge in [0, 0.05) is 11.4 Å². The van der Waals surface area contributed by atoms with Gasteiger partial charge in [-0.1, -0.05) is 91.9 Å². The Hall–Kier alpha value is -1.95. The number of aromatic nitrogens is 1. The molecule has 0 bridgehead atoms. The second-order valence-electron chi connectivity index (χ2n) is 11.5. The molecule has 1 rings (SSSR count). The van der Waals surface area contributed by atoms with Crippen molar-refractivity contribution in [3.05, 3.63) is 45.5 Å². The number of thiazole rings is 1. The second-order valence-corrected chi connectivity index (χ2v) is 15.1. The van der Waals surface area contributed by atoms with E-state index >= 15 is 0 Å². The Morgan fingerprint density at radius 1 is 1.16 bits per heavy atom. The van der Waals surface area contributed by atoms with Crippen molar-refractivity contribution in [2.75, 3.05) is 13.7 Å². The van der Waals surface area contributed by atoms with Crippen LogP contribution in [0.5, 0.6) is 0 Å². The van der Waals surface area contributed by atoms with Gasteiger partial charge in [0.1, 0.15) is 18.5 Å². The van der Waals surface area contributed by atoms with E-state index in [1.54, 1.807) is 18.3 Å². The molecule has 0 radical (unpaired) electrons. The minimum atomic E-state index is -1.85. The third-order valence-electron chi connectivity index (χ3n) is 7.36. The van der Waals surface area contributed by atoms with Crippen LogP contribution in [0.1, 0.15) is 71.5 Å². The van der Waals surface area contributed by atoms with E-state index in [1.165, 1.54) is 13.8 Å². The van der Waals surface area contributed by atoms with E-state index in [1.807, 2.05) is 45.4 Å². The maximum Gasteiger partial charge on any atom is 0.508 e. The van der Waals surface area contributed by atoms with Gasteiger partial charge in [0.15, 0.2) is 0 Å². The molecule has 0 aromatic carbocycles. The van der Waals surface area contributed by atoms with Crippen LogP contribution in [-0.2, 0) is 19.1 Å². The van der Waals surface area contributed by atoms with Crippen LogP contribution < -0.4 is 5.32 Å². The number of hydrogen-bond acceptors (Lipinski definition) is 9. The molecule has 248 valence electrons. The Morgan fingerprint density at radius 2 is 1.80 bits per heavy atom. The van der Waals surface area contributed by atoms with E-state index < -0.39 is 58.3 Å². The number of carboxylic acid groups (broad SMARTS) is 1. The Bertz CT molecular complexity index is 1210. The number of hydrogen-bond donors (Lipinski definition) is 3. The summed E-state index contributed by atoms with van der Waals surface area (Å²) in [6.07, 6.45) is 5.11. The largest absolute Gasteiger partial charge is 0.508 e. The first-order valence-corrected chi connectivity index (χ1v) is 16.2. The van der Waals surface area contributed by atoms with Gasteiger partial charge in [-0.05, 0) is 52.7 Å². The zero-order valence-corrected chi connectivity index (χ0v) is 29.6. The van der Waals surface area contributed by atoms with Crippen molar-refractivity contribution in [1.29, 1.82) is 0 Å². The lowest BCUT2D eigenvalue weighted by atomic mass is 9.73. The fraction of sp³-hybridized carbons (Fsp3) is 0.613. The molecule has 5 atom stereocenters. The van der Waals surface area contributed by atoms with Crippen molar-refractivity contribution in [2.45, 2.75) is 89.8 Å². The monoisotopic (exact) mass is 694 g/mol. The van der Waals surface area contributed by atoms with E-state index in [0.29, 0.717) is 6.42 Å². The molecule has 9 nitrogen and oxygen atoms in total. The van der Waals surface area contributed by atoms with Crippen LogP contribution in [0.4, 0.5) is 4.79 Å². The molecule has 13 heteroatoms. The van der Waals surface area contributed by atoms with E-state index in [9.17, 15) is 19.5 Å². The first-order chi connectivity index (χ1) is 20.3. The number of nitrogens with zero attached hydrogens (tertiary/aromatic N) is 1. The van der Waals surface area contributed by atoms with Crippen molar-refractivity contribution in [2.24, 2.45) is 17.3 Å². The summed E-state index contributed by atoms with van der Waals surface area (Å²) in [6, 6.07) is 0.127. The standard InChI is InChI=1S/C31H45Cl3N2O7S/c1-18(12-13-24(35-8)20(3)14-23-16-44-22(5)36-23)10-9-11-19(2)27(43-29(41)42-17-31(32,33)34)21(4)28(40)30(6,7)25(37)15-26(38)39/h9-10,12,14,16,19,21,24-25,27,35,37H,11,13,15,17H2,1-8H3,(H,38,39)/t19-,21+,24-,25-,27?/m0/s1. The van der Waals surface area contributed by atoms with Gasteiger partial charge in [-0.15, -0.1) is 11.3 Å². The Labute approximate surface area is 279 Å². The molecule has 1 unspecified atom stereocenters. The first kappa shape index (κ1) is 40.1. The fourth-order valence-corrected chi connectivity index (χ4v) is 5.34. The molecule has 0 saturated heterocycles. The summed E-state index contributed by atoms with van der Waals surface area (Å²) in [4.78, 5) is 41.6. The molecular weight excluding hydrogens is 651 g/mol. The van der Waals surface area contributed by atoms with E-state index in [0.717, 1.165) is 28.3 Å². The number of aliphatic carboxylic acids is 1. The highest BCUT2D eigenvalue weighted by atomic mass is 35.6. The third kappa shape index (κ3) is 14.0. The lowest BCUT2D eigenvalue weighted by Gasteiger charge is -2.35. The minimum absolute atomic E-state index is 0.127. The SMILES string of the molecule is CN[C@@H](CC=C(C)C=CC[C@H](C)C(OC(=O)OCC(Cl)(Cl)Cl)[C@@H](C)C(=O)C(C)(C)[C@@H](O)CC(=O)O)C(C)=Cc1csc(C)n1. The van der Waals surface area contributed by atoms with Gasteiger partial charge in [0.05, 0.1) is 34.6 Å². The van der Waals surface area contributed by atoms with E-state index in [4.69, 9.17) is 49.4 Å². The number of aliphatic hydroxyl groups is 1. The molecule has 1 heterocycles. The molecule has 0 spiro atoms. The topological polar surface area (TPSA) is 135 Å². The minimum Gasteiger partial charge on any atom is -0.481 e. The van der Waals surface area contributed by atoms with Crippen molar-refractivity contribution >= 4 is 70.1 Å². The Balaban J connectivity index is 3.05. The average molecular weight is 696 g/mol. The highest BCUT2D eigenvalue weighted by molar-refractivity contribution is 7.09. The smallest absolute Gasteiger partial charge is 0.481 e. The summed E-state index contributed by atoms with van der Waals surface area (Å²) in [6.45, 7) is 11.8. The van der Waals surface area contributed by atoms with Crippen molar-refractivity contribution in [3.8, 4) is 0 Å². The summed E-state index contributed by atoms with van der Waals surface area (Å²) in [7, 11) is 1.91. The van der Waals surface area contributed by atoms with Crippen LogP contribution >= 0.6 is 46.1 Å². The molecule has 44 heavy (non-hydrogen) atoms. The number of aliphatic hydroxyl groups excluding tert-OH is 1. The van der Waals surface area contributed by atoms with Crippen LogP contribution in [-0.4, -0.2) is 68.8 Å². The number of nitrogens with one attached hydrogen (secondary N) is 1. The molecular formula is C31H45Cl3N2O7S. The van der Waals surface area contributed by atoms with Crippen molar-refractivity contribution in [3.63, 3.8) is 0 Å². The van der Waals surface area contributed by atoms with Gasteiger partial charge in [0.25, 0.3) is 0 Å². The zero-order valence-electron chi connectivity index (χ0n) is 26.5. The van der Waals surface area contributed by atoms with Crippen LogP contribution in [0, 0.1) is 24.2 Å². The van der Waals surface area contributed by atoms with Gasteiger partial charge in [-0.25, -0.2) is 9.78 Å². The number of carbonyl (C=O) groups excluding carboxylic acids is 2. The number of carbonyl (C=O) groups is 3. The van der Waals surface area contributed by atoms with Gasteiger partial charge in [-0.3, -0.25) is 9.59 Å². The number of carboxylic acids is 1. The van der Waals surface area contributed by atoms with E-state index in [2.05, 4.69) is 29.4 Å². The molecule has 0 aliphatic carbocycles. The predicted molar refractivity (Wildman–Crippen MR) is 177 cm³/mol. The molecule has 0 amide bonds. The number of allylic oxidation sites excluding steroid dienone is 3. The summed E-state index contributed by atoms with van der Waals surface area (Å²) in [5, 5.41) is 26.0. The summed E-state index contributed by atoms with van der Waals surface area (Å²) in [5.74, 6) is -2.99. The van der Waals surface area contributed by atoms with Gasteiger partial charge < -0.3 is 25.0 Å². The number of likely N-dealkylation sites (N-methyl/N-ethyl adjacent to an activating group) is 1. The Morgan fingerprint density at radius 3 is 2.32 bits per heavy atom. The molecule has 1 aromatic rings. The first-order valence-electron chi connectivity index (χ1n) is 14.2. The number of ketones is 1. The average Bonchev–Trinajstić information content (AvgIpc) is 3.33. The lowest BCUT2D eigenvalue weighted by Crippen LogP contribution is -2.46. The summed E-state index contributed by atoms with van der Waals surface area (Å²) >= 11 is 18.6. The molecule has 3 N–H and O–H groups in total. The number of ether oxygens (including phenoxy) is 2. The molecule has 0 aliphatic heterocycles. The van der Waals surface area contributed by atoms with Gasteiger partial charge >= 0.3 is 12.1 Å². The van der Waals surface area contributed by atoms with Crippen LogP contribution in [0.25, 0.3) is 6.08 Å². The number of rotatable bonds is 17. The highest BCUT2D eigenvalue weighted by Gasteiger charge is 2.43. The van der Waals surface area contributed by atoms with Crippen LogP contribution in [0.3, 0.4) is 0 Å². The van der Waals surface area contributed by atoms with Crippen LogP contribution in [0.2, 0.25) is 0 Å². The van der Waals surface area contributed by atoms with Crippen LogP contribution in [0.15, 0.2) is 34.8 Å². The summed E-state index contributed by atoms with van der Waals surface area (Å²) in [5.41, 5.74) is 1.71. The van der Waals surface area contributed by atoms with Crippen molar-refractivity contribution in [1.82, 2.24) is 10.3 Å². The third-order valence-corrected chi connectivity index (χ3v) is 8.48. The molecule has 0 aliphatic rings. The number of halogens is 3. The lowest BCUT2D eigenvalue weighted by molar-refractivity contribution is -0.147. The quantitative estimate of drug-likeness (QED) is 0.0870. The molecule has 0 saturated carbocycles. The number of alkyl halides is 3. The van der Waals surface area contributed by atoms with Gasteiger partial charge in [-0.2, -0.15) is 0 Å². The van der Waals surface area contributed by atoms with E-state index in [-0.39, 0.29) is 12.0 Å². The maximum absolute atomic E-state index is 13.5. The normalized spacial score (nSPS) is 16.7. The zero-order chi connectivity index (χ0) is 33.8. The maximum atomic E-state index is 13.5. The fourth-order valence-electron chi connectivity index (χ4n) is 4.60.